The van der Waals surface area contributed by atoms with Gasteiger partial charge in [-0.1, -0.05) is 11.6 Å². The summed E-state index contributed by atoms with van der Waals surface area (Å²) in [6.45, 7) is 0. The SMILES string of the molecule is O=C(O)C1C2CCC(CC2)C1Nc1cc(C2CC=CO2)nc(-c2c[nH]c3ncc(Cl)nc23)n1. The number of anilines is 1. The number of halogens is 1. The highest BCUT2D eigenvalue weighted by Gasteiger charge is 2.47. The average Bonchev–Trinajstić information content (AvgIpc) is 3.49. The van der Waals surface area contributed by atoms with Crippen LogP contribution in [0.25, 0.3) is 22.6 Å². The van der Waals surface area contributed by atoms with Crippen LogP contribution in [0.4, 0.5) is 5.82 Å². The number of rotatable bonds is 5. The topological polar surface area (TPSA) is 126 Å². The number of nitrogens with zero attached hydrogens (tertiary/aromatic N) is 4. The zero-order valence-corrected chi connectivity index (χ0v) is 18.5. The molecule has 9 nitrogen and oxygen atoms in total. The molecule has 4 aliphatic rings. The van der Waals surface area contributed by atoms with Gasteiger partial charge in [-0.05, 0) is 43.6 Å². The van der Waals surface area contributed by atoms with E-state index < -0.39 is 11.9 Å². The largest absolute Gasteiger partial charge is 0.492 e. The summed E-state index contributed by atoms with van der Waals surface area (Å²) in [7, 11) is 0. The Morgan fingerprint density at radius 2 is 2.00 bits per heavy atom. The average molecular weight is 467 g/mol. The van der Waals surface area contributed by atoms with Gasteiger partial charge in [-0.3, -0.25) is 4.79 Å². The molecule has 2 bridgehead atoms. The van der Waals surface area contributed by atoms with Crippen molar-refractivity contribution in [3.63, 3.8) is 0 Å². The highest BCUT2D eigenvalue weighted by Crippen LogP contribution is 2.46. The van der Waals surface area contributed by atoms with Gasteiger partial charge in [-0.25, -0.2) is 19.9 Å². The molecule has 0 aromatic carbocycles. The van der Waals surface area contributed by atoms with E-state index in [-0.39, 0.29) is 23.2 Å². The van der Waals surface area contributed by atoms with E-state index >= 15 is 0 Å². The van der Waals surface area contributed by atoms with Crippen molar-refractivity contribution in [1.29, 1.82) is 0 Å². The number of nitrogens with one attached hydrogen (secondary N) is 2. The van der Waals surface area contributed by atoms with Crippen LogP contribution in [-0.4, -0.2) is 42.0 Å². The van der Waals surface area contributed by atoms with Gasteiger partial charge in [0.2, 0.25) is 0 Å². The third-order valence-corrected chi connectivity index (χ3v) is 7.36. The van der Waals surface area contributed by atoms with Gasteiger partial charge in [-0.2, -0.15) is 0 Å². The lowest BCUT2D eigenvalue weighted by atomic mass is 9.61. The molecule has 3 atom stereocenters. The number of aliphatic carboxylic acids is 1. The van der Waals surface area contributed by atoms with Crippen LogP contribution in [0.1, 0.15) is 43.9 Å². The normalized spacial score (nSPS) is 28.2. The number of hydrogen-bond acceptors (Lipinski definition) is 7. The fourth-order valence-electron chi connectivity index (χ4n) is 5.62. The molecule has 33 heavy (non-hydrogen) atoms. The Morgan fingerprint density at radius 3 is 2.76 bits per heavy atom. The Hall–Kier alpha value is -3.20. The summed E-state index contributed by atoms with van der Waals surface area (Å²) in [5, 5.41) is 13.7. The smallest absolute Gasteiger partial charge is 0.308 e. The summed E-state index contributed by atoms with van der Waals surface area (Å²) >= 11 is 6.09. The van der Waals surface area contributed by atoms with E-state index in [0.29, 0.717) is 40.7 Å². The molecular formula is C23H23ClN6O3. The Kier molecular flexibility index (Phi) is 4.94. The lowest BCUT2D eigenvalue weighted by Gasteiger charge is -2.47. The Bertz CT molecular complexity index is 1240. The summed E-state index contributed by atoms with van der Waals surface area (Å²) in [4.78, 5) is 33.4. The molecule has 0 saturated heterocycles. The molecule has 170 valence electrons. The molecule has 3 aromatic heterocycles. The van der Waals surface area contributed by atoms with Crippen LogP contribution in [0.5, 0.6) is 0 Å². The second-order valence-electron chi connectivity index (χ2n) is 9.04. The van der Waals surface area contributed by atoms with E-state index in [1.807, 2.05) is 12.1 Å². The minimum atomic E-state index is -0.735. The van der Waals surface area contributed by atoms with Crippen LogP contribution in [0.15, 0.2) is 30.8 Å². The highest BCUT2D eigenvalue weighted by atomic mass is 35.5. The minimum Gasteiger partial charge on any atom is -0.492 e. The van der Waals surface area contributed by atoms with Crippen molar-refractivity contribution in [2.75, 3.05) is 5.32 Å². The highest BCUT2D eigenvalue weighted by molar-refractivity contribution is 6.29. The van der Waals surface area contributed by atoms with Crippen LogP contribution in [-0.2, 0) is 9.53 Å². The molecule has 10 heteroatoms. The summed E-state index contributed by atoms with van der Waals surface area (Å²) in [6, 6.07) is 1.71. The maximum absolute atomic E-state index is 12.1. The first-order valence-electron chi connectivity index (χ1n) is 11.3. The predicted octanol–water partition coefficient (Wildman–Crippen LogP) is 4.34. The van der Waals surface area contributed by atoms with Crippen LogP contribution in [0.2, 0.25) is 5.15 Å². The summed E-state index contributed by atoms with van der Waals surface area (Å²) in [5.41, 5.74) is 2.57. The Morgan fingerprint density at radius 1 is 1.18 bits per heavy atom. The Balaban J connectivity index is 1.42. The second kappa shape index (κ2) is 7.98. The first-order valence-corrected chi connectivity index (χ1v) is 11.6. The molecule has 3 N–H and O–H groups in total. The van der Waals surface area contributed by atoms with Crippen LogP contribution < -0.4 is 5.32 Å². The number of carboxylic acids is 1. The molecule has 0 amide bonds. The van der Waals surface area contributed by atoms with Gasteiger partial charge in [-0.15, -0.1) is 0 Å². The number of carboxylic acid groups (broad SMARTS) is 1. The fourth-order valence-corrected chi connectivity index (χ4v) is 5.76. The molecule has 0 radical (unpaired) electrons. The maximum Gasteiger partial charge on any atom is 0.308 e. The first kappa shape index (κ1) is 20.4. The number of fused-ring (bicyclic) bond motifs is 4. The van der Waals surface area contributed by atoms with Crippen molar-refractivity contribution >= 4 is 34.6 Å². The number of aromatic nitrogens is 5. The van der Waals surface area contributed by atoms with Crippen molar-refractivity contribution in [2.24, 2.45) is 17.8 Å². The number of ether oxygens (including phenoxy) is 1. The van der Waals surface area contributed by atoms with Gasteiger partial charge in [0.15, 0.2) is 11.5 Å². The van der Waals surface area contributed by atoms with E-state index in [1.54, 1.807) is 12.5 Å². The molecule has 0 spiro atoms. The zero-order chi connectivity index (χ0) is 22.5. The minimum absolute atomic E-state index is 0.162. The van der Waals surface area contributed by atoms with Crippen LogP contribution in [0.3, 0.4) is 0 Å². The number of carbonyl (C=O) groups is 1. The van der Waals surface area contributed by atoms with E-state index in [1.165, 1.54) is 6.20 Å². The van der Waals surface area contributed by atoms with Crippen molar-refractivity contribution in [2.45, 2.75) is 44.2 Å². The quantitative estimate of drug-likeness (QED) is 0.506. The summed E-state index contributed by atoms with van der Waals surface area (Å²) in [6.07, 6.45) is 11.4. The van der Waals surface area contributed by atoms with Gasteiger partial charge in [0.25, 0.3) is 0 Å². The van der Waals surface area contributed by atoms with Gasteiger partial charge >= 0.3 is 5.97 Å². The molecule has 3 aromatic rings. The van der Waals surface area contributed by atoms with Crippen LogP contribution >= 0.6 is 11.6 Å². The summed E-state index contributed by atoms with van der Waals surface area (Å²) < 4.78 is 5.72. The van der Waals surface area contributed by atoms with Crippen LogP contribution in [0, 0.1) is 17.8 Å². The molecule has 7 rings (SSSR count). The monoisotopic (exact) mass is 466 g/mol. The maximum atomic E-state index is 12.1. The van der Waals surface area contributed by atoms with Gasteiger partial charge < -0.3 is 20.1 Å². The molecule has 3 fully saturated rings. The molecule has 3 saturated carbocycles. The first-order chi connectivity index (χ1) is 16.1. The molecule has 3 unspecified atom stereocenters. The third-order valence-electron chi connectivity index (χ3n) is 7.18. The number of aromatic amines is 1. The molecular weight excluding hydrogens is 444 g/mol. The molecule has 4 heterocycles. The van der Waals surface area contributed by atoms with Crippen molar-refractivity contribution in [3.05, 3.63) is 41.6 Å². The predicted molar refractivity (Wildman–Crippen MR) is 121 cm³/mol. The standard InChI is InChI=1S/C23H23ClN6O3/c24-16-10-26-22-20(28-16)13(9-25-22)21-27-14(15-2-1-7-33-15)8-17(30-21)29-19-12-5-3-11(4-6-12)18(19)23(31)32/h1,7-12,15,18-19H,2-6H2,(H,25,26)(H,31,32)(H,27,29,30). The van der Waals surface area contributed by atoms with E-state index in [9.17, 15) is 9.90 Å². The molecule has 3 aliphatic carbocycles. The summed E-state index contributed by atoms with van der Waals surface area (Å²) in [5.74, 6) is 0.432. The van der Waals surface area contributed by atoms with Gasteiger partial charge in [0, 0.05) is 24.7 Å². The molecule has 1 aliphatic heterocycles. The van der Waals surface area contributed by atoms with Crippen molar-refractivity contribution in [3.8, 4) is 11.4 Å². The van der Waals surface area contributed by atoms with E-state index in [0.717, 1.165) is 31.4 Å². The van der Waals surface area contributed by atoms with Gasteiger partial charge in [0.05, 0.1) is 29.6 Å². The zero-order valence-electron chi connectivity index (χ0n) is 17.7. The fraction of sp³-hybridized carbons (Fsp3) is 0.435. The van der Waals surface area contributed by atoms with E-state index in [2.05, 4.69) is 20.3 Å². The van der Waals surface area contributed by atoms with E-state index in [4.69, 9.17) is 26.3 Å². The number of hydrogen-bond donors (Lipinski definition) is 3. The lowest BCUT2D eigenvalue weighted by Crippen LogP contribution is -2.51. The van der Waals surface area contributed by atoms with Crippen molar-refractivity contribution < 1.29 is 14.6 Å². The Labute approximate surface area is 194 Å². The number of H-pyrrole nitrogens is 1. The second-order valence-corrected chi connectivity index (χ2v) is 9.42. The third kappa shape index (κ3) is 3.60. The lowest BCUT2D eigenvalue weighted by molar-refractivity contribution is -0.148. The van der Waals surface area contributed by atoms with Gasteiger partial charge in [0.1, 0.15) is 22.6 Å². The van der Waals surface area contributed by atoms with Crippen molar-refractivity contribution in [1.82, 2.24) is 24.9 Å².